The van der Waals surface area contributed by atoms with Gasteiger partial charge in [-0.1, -0.05) is 12.1 Å². The summed E-state index contributed by atoms with van der Waals surface area (Å²) in [6, 6.07) is 23.2. The Morgan fingerprint density at radius 3 is 2.27 bits per heavy atom. The molecule has 2 unspecified atom stereocenters. The molecule has 0 radical (unpaired) electrons. The van der Waals surface area contributed by atoms with E-state index in [1.54, 1.807) is 35.0 Å². The van der Waals surface area contributed by atoms with Crippen LogP contribution in [0.5, 0.6) is 23.0 Å². The summed E-state index contributed by atoms with van der Waals surface area (Å²) < 4.78 is 44.7. The quantitative estimate of drug-likeness (QED) is 0.120. The molecule has 5 aromatic rings. The van der Waals surface area contributed by atoms with Crippen molar-refractivity contribution in [2.45, 2.75) is 51.0 Å². The van der Waals surface area contributed by atoms with Crippen LogP contribution < -0.4 is 29.3 Å². The Morgan fingerprint density at radius 1 is 0.821 bits per heavy atom. The zero-order valence-corrected chi connectivity index (χ0v) is 39.2. The van der Waals surface area contributed by atoms with Crippen molar-refractivity contribution in [2.24, 2.45) is 13.0 Å². The van der Waals surface area contributed by atoms with Crippen LogP contribution in [0.2, 0.25) is 0 Å². The number of aryl methyl sites for hydroxylation is 1. The number of piperazine rings is 1. The summed E-state index contributed by atoms with van der Waals surface area (Å²) in [6.45, 7) is 8.48. The molecule has 2 atom stereocenters. The van der Waals surface area contributed by atoms with Gasteiger partial charge in [-0.15, -0.1) is 0 Å². The summed E-state index contributed by atoms with van der Waals surface area (Å²) in [5.41, 5.74) is 4.46. The van der Waals surface area contributed by atoms with E-state index in [1.807, 2.05) is 50.4 Å². The molecule has 4 aliphatic rings. The number of benzene rings is 4. The van der Waals surface area contributed by atoms with E-state index in [4.69, 9.17) is 14.2 Å². The maximum atomic E-state index is 14.3. The Hall–Kier alpha value is -6.46. The molecule has 1 aromatic heterocycles. The number of ether oxygens (including phenoxy) is 3. The third-order valence-corrected chi connectivity index (χ3v) is 14.5. The maximum Gasteiger partial charge on any atom is 0.264 e. The molecule has 0 bridgehead atoms. The average molecular weight is 932 g/mol. The van der Waals surface area contributed by atoms with Crippen LogP contribution in [0.15, 0.2) is 78.9 Å². The second kappa shape index (κ2) is 19.0. The number of piperidine rings is 2. The number of hydrogen-bond acceptors (Lipinski definition) is 13. The lowest BCUT2D eigenvalue weighted by Gasteiger charge is -2.38. The number of amides is 4. The molecular weight excluding hydrogens is 875 g/mol. The molecule has 4 aliphatic heterocycles. The SMILES string of the molecule is CCOc1cc(C(CS(C)(=O)=O)N2C(=O)c3cccc(N4CCC(CCN5CCN(c6ccc(Oc7ccc8c(C9CCC(=O)NC9=O)nn(C)c8c7)cc6)CC5)CC4)c3C2=O)ccc1OC. The Balaban J connectivity index is 0.765. The Kier molecular flexibility index (Phi) is 13.0. The Bertz CT molecular complexity index is 2810. The molecule has 4 amide bonds. The number of methoxy groups -OCH3 is 1. The highest BCUT2D eigenvalue weighted by Gasteiger charge is 2.44. The summed E-state index contributed by atoms with van der Waals surface area (Å²) in [6.07, 6.45) is 4.86. The van der Waals surface area contributed by atoms with Crippen LogP contribution >= 0.6 is 0 Å². The van der Waals surface area contributed by atoms with Gasteiger partial charge in [0.2, 0.25) is 11.8 Å². The van der Waals surface area contributed by atoms with Gasteiger partial charge in [-0.2, -0.15) is 5.10 Å². The number of anilines is 2. The largest absolute Gasteiger partial charge is 0.493 e. The standard InChI is InChI=1S/C50H57N7O9S/c1-5-65-44-29-33(9-17-43(44)64-3)42(31-67(4,62)63)57-49(60)38-7-6-8-40(46(38)50(57)61)56-23-20-32(21-24-56)19-22-54-25-27-55(28-26-54)34-10-12-35(13-11-34)66-36-14-15-37-41(30-36)53(2)52-47(37)39-16-18-45(58)51-48(39)59/h6-15,17,29-30,32,39,42H,5,16,18-28,31H2,1-4H3,(H,51,58,59). The molecule has 3 saturated heterocycles. The molecular formula is C50H57N7O9S. The molecule has 67 heavy (non-hydrogen) atoms. The second-order valence-electron chi connectivity index (χ2n) is 18.0. The van der Waals surface area contributed by atoms with Gasteiger partial charge < -0.3 is 24.0 Å². The van der Waals surface area contributed by atoms with E-state index in [-0.39, 0.29) is 17.4 Å². The van der Waals surface area contributed by atoms with E-state index < -0.39 is 39.4 Å². The number of nitrogens with one attached hydrogen (secondary N) is 1. The predicted molar refractivity (Wildman–Crippen MR) is 254 cm³/mol. The molecule has 17 heteroatoms. The summed E-state index contributed by atoms with van der Waals surface area (Å²) in [7, 11) is -0.267. The van der Waals surface area contributed by atoms with Crippen LogP contribution in [0, 0.1) is 5.92 Å². The third-order valence-electron chi connectivity index (χ3n) is 13.6. The topological polar surface area (TPSA) is 173 Å². The number of hydrogen-bond donors (Lipinski definition) is 1. The highest BCUT2D eigenvalue weighted by atomic mass is 32.2. The number of aromatic nitrogens is 2. The third kappa shape index (κ3) is 9.57. The lowest BCUT2D eigenvalue weighted by molar-refractivity contribution is -0.134. The van der Waals surface area contributed by atoms with Crippen LogP contribution in [0.25, 0.3) is 10.9 Å². The Morgan fingerprint density at radius 2 is 1.57 bits per heavy atom. The zero-order valence-electron chi connectivity index (χ0n) is 38.4. The average Bonchev–Trinajstić information content (AvgIpc) is 3.78. The van der Waals surface area contributed by atoms with Crippen molar-refractivity contribution < 1.29 is 41.8 Å². The smallest absolute Gasteiger partial charge is 0.264 e. The van der Waals surface area contributed by atoms with Gasteiger partial charge in [-0.05, 0) is 111 Å². The van der Waals surface area contributed by atoms with E-state index in [2.05, 4.69) is 37.2 Å². The maximum absolute atomic E-state index is 14.3. The van der Waals surface area contributed by atoms with E-state index in [9.17, 15) is 27.6 Å². The fraction of sp³-hybridized carbons (Fsp3) is 0.420. The van der Waals surface area contributed by atoms with E-state index in [0.29, 0.717) is 65.1 Å². The first-order chi connectivity index (χ1) is 32.3. The molecule has 0 spiro atoms. The highest BCUT2D eigenvalue weighted by molar-refractivity contribution is 7.90. The van der Waals surface area contributed by atoms with E-state index in [0.717, 1.165) is 98.6 Å². The van der Waals surface area contributed by atoms with Crippen molar-refractivity contribution in [2.75, 3.05) is 81.3 Å². The monoisotopic (exact) mass is 931 g/mol. The number of nitrogens with zero attached hydrogens (tertiary/aromatic N) is 6. The number of carbonyl (C=O) groups is 4. The van der Waals surface area contributed by atoms with Gasteiger partial charge in [0.15, 0.2) is 11.5 Å². The van der Waals surface area contributed by atoms with Gasteiger partial charge in [0.25, 0.3) is 11.8 Å². The normalized spacial score (nSPS) is 18.9. The minimum atomic E-state index is -3.62. The second-order valence-corrected chi connectivity index (χ2v) is 20.2. The molecule has 0 saturated carbocycles. The number of rotatable bonds is 15. The lowest BCUT2D eigenvalue weighted by Crippen LogP contribution is -2.47. The molecule has 0 aliphatic carbocycles. The first-order valence-electron chi connectivity index (χ1n) is 23.1. The van der Waals surface area contributed by atoms with Crippen molar-refractivity contribution in [1.82, 2.24) is 24.9 Å². The van der Waals surface area contributed by atoms with E-state index >= 15 is 0 Å². The number of carbonyl (C=O) groups excluding carboxylic acids is 4. The van der Waals surface area contributed by atoms with Gasteiger partial charge in [0.1, 0.15) is 21.3 Å². The van der Waals surface area contributed by atoms with Gasteiger partial charge in [-0.3, -0.25) is 39.0 Å². The van der Waals surface area contributed by atoms with Gasteiger partial charge in [0.05, 0.1) is 59.5 Å². The van der Waals surface area contributed by atoms with Crippen molar-refractivity contribution in [3.63, 3.8) is 0 Å². The molecule has 4 aromatic carbocycles. The zero-order chi connectivity index (χ0) is 47.0. The fourth-order valence-corrected chi connectivity index (χ4v) is 11.0. The molecule has 16 nitrogen and oxygen atoms in total. The van der Waals surface area contributed by atoms with Crippen molar-refractivity contribution >= 4 is 55.7 Å². The molecule has 352 valence electrons. The number of sulfone groups is 1. The van der Waals surface area contributed by atoms with Crippen molar-refractivity contribution in [1.29, 1.82) is 0 Å². The first kappa shape index (κ1) is 45.7. The molecule has 1 N–H and O–H groups in total. The molecule has 9 rings (SSSR count). The lowest BCUT2D eigenvalue weighted by atomic mass is 9.92. The van der Waals surface area contributed by atoms with Gasteiger partial charge >= 0.3 is 0 Å². The highest BCUT2D eigenvalue weighted by Crippen LogP contribution is 2.41. The molecule has 5 heterocycles. The van der Waals surface area contributed by atoms with Crippen LogP contribution in [0.4, 0.5) is 11.4 Å². The van der Waals surface area contributed by atoms with E-state index in [1.165, 1.54) is 7.11 Å². The van der Waals surface area contributed by atoms with Crippen LogP contribution in [-0.4, -0.2) is 123 Å². The minimum absolute atomic E-state index is 0.247. The van der Waals surface area contributed by atoms with Crippen molar-refractivity contribution in [3.05, 3.63) is 101 Å². The summed E-state index contributed by atoms with van der Waals surface area (Å²) >= 11 is 0. The number of fused-ring (bicyclic) bond motifs is 2. The Labute approximate surface area is 390 Å². The summed E-state index contributed by atoms with van der Waals surface area (Å²) in [5.74, 6) is 0.348. The van der Waals surface area contributed by atoms with Gasteiger partial charge in [0, 0.05) is 76.1 Å². The van der Waals surface area contributed by atoms with Crippen molar-refractivity contribution in [3.8, 4) is 23.0 Å². The summed E-state index contributed by atoms with van der Waals surface area (Å²) in [5, 5.41) is 7.94. The van der Waals surface area contributed by atoms with Crippen LogP contribution in [0.1, 0.15) is 83.0 Å². The summed E-state index contributed by atoms with van der Waals surface area (Å²) in [4.78, 5) is 60.9. The van der Waals surface area contributed by atoms with Gasteiger partial charge in [-0.25, -0.2) is 8.42 Å². The van der Waals surface area contributed by atoms with Crippen LogP contribution in [-0.2, 0) is 26.5 Å². The molecule has 3 fully saturated rings. The van der Waals surface area contributed by atoms with Crippen LogP contribution in [0.3, 0.4) is 0 Å². The minimum Gasteiger partial charge on any atom is -0.493 e. The first-order valence-corrected chi connectivity index (χ1v) is 25.1. The number of imide groups is 2. The fourth-order valence-electron chi connectivity index (χ4n) is 10.1. The predicted octanol–water partition coefficient (Wildman–Crippen LogP) is 6.10.